The fourth-order valence-electron chi connectivity index (χ4n) is 4.25. The van der Waals surface area contributed by atoms with Gasteiger partial charge in [0.25, 0.3) is 5.91 Å². The highest BCUT2D eigenvalue weighted by atomic mass is 32.2. The maximum Gasteiger partial charge on any atom is 0.254 e. The van der Waals surface area contributed by atoms with Crippen LogP contribution in [0.5, 0.6) is 0 Å². The largest absolute Gasteiger partial charge is 0.354 e. The maximum atomic E-state index is 13.6. The van der Waals surface area contributed by atoms with Crippen LogP contribution in [0.1, 0.15) is 48.9 Å². The van der Waals surface area contributed by atoms with Gasteiger partial charge >= 0.3 is 0 Å². The summed E-state index contributed by atoms with van der Waals surface area (Å²) in [4.78, 5) is 26.8. The minimum Gasteiger partial charge on any atom is -0.354 e. The zero-order valence-corrected chi connectivity index (χ0v) is 17.5. The monoisotopic (exact) mass is 425 g/mol. The smallest absolute Gasteiger partial charge is 0.254 e. The molecule has 1 aliphatic carbocycles. The van der Waals surface area contributed by atoms with Crippen molar-refractivity contribution in [2.24, 2.45) is 0 Å². The Hall–Kier alpha value is -1.67. The average molecular weight is 426 g/mol. The van der Waals surface area contributed by atoms with Gasteiger partial charge in [-0.25, -0.2) is 8.78 Å². The van der Waals surface area contributed by atoms with Gasteiger partial charge in [0, 0.05) is 55.7 Å². The second kappa shape index (κ2) is 10.4. The Labute approximate surface area is 175 Å². The molecule has 0 aromatic heterocycles. The molecule has 8 heteroatoms. The predicted octanol–water partition coefficient (Wildman–Crippen LogP) is 2.95. The molecule has 160 valence electrons. The van der Waals surface area contributed by atoms with E-state index < -0.39 is 17.5 Å². The molecule has 2 aliphatic rings. The van der Waals surface area contributed by atoms with Gasteiger partial charge in [-0.05, 0) is 31.4 Å². The summed E-state index contributed by atoms with van der Waals surface area (Å²) in [6.07, 6.45) is 5.47. The number of nitrogens with zero attached hydrogens (tertiary/aromatic N) is 1. The van der Waals surface area contributed by atoms with E-state index in [4.69, 9.17) is 0 Å². The third-order valence-corrected chi connectivity index (χ3v) is 6.82. The normalized spacial score (nSPS) is 19.1. The van der Waals surface area contributed by atoms with Crippen LogP contribution in [-0.2, 0) is 4.79 Å². The molecule has 1 saturated heterocycles. The van der Waals surface area contributed by atoms with Gasteiger partial charge in [-0.2, -0.15) is 11.8 Å². The van der Waals surface area contributed by atoms with Crippen molar-refractivity contribution >= 4 is 23.6 Å². The highest BCUT2D eigenvalue weighted by molar-refractivity contribution is 7.99. The maximum absolute atomic E-state index is 13.6. The Bertz CT molecular complexity index is 720. The highest BCUT2D eigenvalue weighted by Crippen LogP contribution is 2.36. The van der Waals surface area contributed by atoms with E-state index in [-0.39, 0.29) is 23.6 Å². The summed E-state index contributed by atoms with van der Waals surface area (Å²) >= 11 is 1.99. The number of hydrogen-bond donors (Lipinski definition) is 2. The molecule has 1 aromatic rings. The number of nitrogens with one attached hydrogen (secondary N) is 2. The minimum absolute atomic E-state index is 0.0233. The molecule has 1 aromatic carbocycles. The Morgan fingerprint density at radius 2 is 1.83 bits per heavy atom. The van der Waals surface area contributed by atoms with Crippen LogP contribution >= 0.6 is 11.8 Å². The number of thioether (sulfide) groups is 1. The highest BCUT2D eigenvalue weighted by Gasteiger charge is 2.40. The van der Waals surface area contributed by atoms with Crippen LogP contribution in [0.4, 0.5) is 8.78 Å². The summed E-state index contributed by atoms with van der Waals surface area (Å²) in [7, 11) is 0. The molecule has 2 fully saturated rings. The van der Waals surface area contributed by atoms with E-state index in [0.29, 0.717) is 25.5 Å². The van der Waals surface area contributed by atoms with Crippen molar-refractivity contribution in [3.8, 4) is 0 Å². The first-order valence-corrected chi connectivity index (χ1v) is 11.5. The first kappa shape index (κ1) is 22.0. The van der Waals surface area contributed by atoms with Gasteiger partial charge in [0.05, 0.1) is 5.56 Å². The zero-order valence-electron chi connectivity index (χ0n) is 16.6. The molecule has 2 N–H and O–H groups in total. The SMILES string of the molecule is O=C(CCCNC(=O)c1ccc(F)cc1F)NCC1(N2CCSCC2)CCCC1. The van der Waals surface area contributed by atoms with E-state index in [1.807, 2.05) is 11.8 Å². The standard InChI is InChI=1S/C21H29F2N3O2S/c22-16-5-6-17(18(23)14-16)20(28)24-9-3-4-19(27)25-15-21(7-1-2-8-21)26-10-12-29-13-11-26/h5-6,14H,1-4,7-13,15H2,(H,24,28)(H,25,27). The van der Waals surface area contributed by atoms with Crippen LogP contribution in [0.15, 0.2) is 18.2 Å². The molecule has 0 bridgehead atoms. The summed E-state index contributed by atoms with van der Waals surface area (Å²) in [5.41, 5.74) is -0.0935. The van der Waals surface area contributed by atoms with E-state index in [1.165, 1.54) is 12.8 Å². The zero-order chi connectivity index (χ0) is 20.7. The lowest BCUT2D eigenvalue weighted by Crippen LogP contribution is -2.56. The average Bonchev–Trinajstić information content (AvgIpc) is 3.20. The van der Waals surface area contributed by atoms with Crippen molar-refractivity contribution in [3.05, 3.63) is 35.4 Å². The summed E-state index contributed by atoms with van der Waals surface area (Å²) in [6, 6.07) is 2.85. The van der Waals surface area contributed by atoms with E-state index in [0.717, 1.165) is 49.6 Å². The van der Waals surface area contributed by atoms with Crippen LogP contribution in [0, 0.1) is 11.6 Å². The lowest BCUT2D eigenvalue weighted by Gasteiger charge is -2.43. The van der Waals surface area contributed by atoms with Crippen LogP contribution in [0.2, 0.25) is 0 Å². The summed E-state index contributed by atoms with van der Waals surface area (Å²) < 4.78 is 26.5. The third-order valence-electron chi connectivity index (χ3n) is 5.87. The second-order valence-electron chi connectivity index (χ2n) is 7.79. The van der Waals surface area contributed by atoms with Crippen molar-refractivity contribution in [1.29, 1.82) is 0 Å². The lowest BCUT2D eigenvalue weighted by atomic mass is 9.94. The number of benzene rings is 1. The minimum atomic E-state index is -0.891. The van der Waals surface area contributed by atoms with E-state index in [9.17, 15) is 18.4 Å². The van der Waals surface area contributed by atoms with Crippen LogP contribution in [-0.4, -0.2) is 59.9 Å². The van der Waals surface area contributed by atoms with Crippen molar-refractivity contribution in [1.82, 2.24) is 15.5 Å². The van der Waals surface area contributed by atoms with Crippen molar-refractivity contribution in [3.63, 3.8) is 0 Å². The van der Waals surface area contributed by atoms with E-state index in [2.05, 4.69) is 15.5 Å². The van der Waals surface area contributed by atoms with Gasteiger partial charge in [0.1, 0.15) is 11.6 Å². The Balaban J connectivity index is 1.39. The fraction of sp³-hybridized carbons (Fsp3) is 0.619. The lowest BCUT2D eigenvalue weighted by molar-refractivity contribution is -0.121. The van der Waals surface area contributed by atoms with Crippen molar-refractivity contribution in [2.75, 3.05) is 37.7 Å². The molecule has 0 unspecified atom stereocenters. The van der Waals surface area contributed by atoms with Crippen molar-refractivity contribution in [2.45, 2.75) is 44.1 Å². The Kier molecular flexibility index (Phi) is 7.89. The Morgan fingerprint density at radius 1 is 1.10 bits per heavy atom. The first-order chi connectivity index (χ1) is 14.0. The van der Waals surface area contributed by atoms with Gasteiger partial charge in [-0.1, -0.05) is 12.8 Å². The van der Waals surface area contributed by atoms with Gasteiger partial charge in [0.15, 0.2) is 0 Å². The number of hydrogen-bond acceptors (Lipinski definition) is 4. The molecule has 3 rings (SSSR count). The molecular weight excluding hydrogens is 396 g/mol. The topological polar surface area (TPSA) is 61.4 Å². The third kappa shape index (κ3) is 5.92. The van der Waals surface area contributed by atoms with Crippen LogP contribution in [0.3, 0.4) is 0 Å². The second-order valence-corrected chi connectivity index (χ2v) is 9.02. The summed E-state index contributed by atoms with van der Waals surface area (Å²) in [5.74, 6) is 0.0756. The van der Waals surface area contributed by atoms with Crippen molar-refractivity contribution < 1.29 is 18.4 Å². The number of halogens is 2. The van der Waals surface area contributed by atoms with E-state index >= 15 is 0 Å². The molecular formula is C21H29F2N3O2S. The van der Waals surface area contributed by atoms with Gasteiger partial charge < -0.3 is 10.6 Å². The molecule has 2 amide bonds. The first-order valence-electron chi connectivity index (χ1n) is 10.3. The Morgan fingerprint density at radius 3 is 2.52 bits per heavy atom. The molecule has 1 aliphatic heterocycles. The molecule has 1 heterocycles. The van der Waals surface area contributed by atoms with Crippen LogP contribution < -0.4 is 10.6 Å². The van der Waals surface area contributed by atoms with E-state index in [1.54, 1.807) is 0 Å². The predicted molar refractivity (Wildman–Crippen MR) is 111 cm³/mol. The number of carbonyl (C=O) groups is 2. The fourth-order valence-corrected chi connectivity index (χ4v) is 5.15. The number of rotatable bonds is 8. The van der Waals surface area contributed by atoms with Gasteiger partial charge in [0.2, 0.25) is 5.91 Å². The number of carbonyl (C=O) groups excluding carboxylic acids is 2. The summed E-state index contributed by atoms with van der Waals surface area (Å²) in [5, 5.41) is 5.68. The molecule has 0 atom stereocenters. The summed E-state index contributed by atoms with van der Waals surface area (Å²) in [6.45, 7) is 3.13. The molecule has 5 nitrogen and oxygen atoms in total. The van der Waals surface area contributed by atoms with Gasteiger partial charge in [-0.3, -0.25) is 14.5 Å². The quantitative estimate of drug-likeness (QED) is 0.629. The molecule has 1 saturated carbocycles. The molecule has 0 spiro atoms. The molecule has 29 heavy (non-hydrogen) atoms. The van der Waals surface area contributed by atoms with Gasteiger partial charge in [-0.15, -0.1) is 0 Å². The van der Waals surface area contributed by atoms with Crippen LogP contribution in [0.25, 0.3) is 0 Å². The molecule has 0 radical (unpaired) electrons. The number of amides is 2.